The summed E-state index contributed by atoms with van der Waals surface area (Å²) in [6.45, 7) is 8.51. The fourth-order valence-electron chi connectivity index (χ4n) is 2.25. The minimum Gasteiger partial charge on any atom is -0.368 e. The van der Waals surface area contributed by atoms with Gasteiger partial charge in [-0.3, -0.25) is 10.1 Å². The van der Waals surface area contributed by atoms with Crippen molar-refractivity contribution in [2.45, 2.75) is 45.7 Å². The second-order valence-electron chi connectivity index (χ2n) is 6.17. The number of nitrogens with one attached hydrogen (secondary N) is 1. The number of hydrogen-bond donors (Lipinski definition) is 2. The highest BCUT2D eigenvalue weighted by Crippen LogP contribution is 2.27. The summed E-state index contributed by atoms with van der Waals surface area (Å²) in [5.41, 5.74) is 5.93. The summed E-state index contributed by atoms with van der Waals surface area (Å²) in [7, 11) is 0. The molecule has 0 saturated heterocycles. The highest BCUT2D eigenvalue weighted by molar-refractivity contribution is 7.99. The predicted octanol–water partition coefficient (Wildman–Crippen LogP) is 3.14. The average Bonchev–Trinajstić information content (AvgIpc) is 2.42. The number of amides is 1. The highest BCUT2D eigenvalue weighted by Gasteiger charge is 2.38. The lowest BCUT2D eigenvalue weighted by Crippen LogP contribution is -2.57. The Bertz CT molecular complexity index is 434. The van der Waals surface area contributed by atoms with E-state index in [1.165, 1.54) is 0 Å². The van der Waals surface area contributed by atoms with Gasteiger partial charge in [0.05, 0.1) is 0 Å². The Kier molecular flexibility index (Phi) is 7.26. The quantitative estimate of drug-likeness (QED) is 0.689. The topological polar surface area (TPSA) is 55.1 Å². The van der Waals surface area contributed by atoms with Crippen molar-refractivity contribution in [1.29, 1.82) is 0 Å². The SMILES string of the molecule is CC(C)CCSCC(NC(C)C)(C(N)=O)c1ccccc1. The van der Waals surface area contributed by atoms with Crippen molar-refractivity contribution in [2.24, 2.45) is 11.7 Å². The maximum atomic E-state index is 12.2. The normalized spacial score (nSPS) is 14.4. The first-order chi connectivity index (χ1) is 9.88. The average molecular weight is 308 g/mol. The van der Waals surface area contributed by atoms with Crippen LogP contribution in [0.5, 0.6) is 0 Å². The molecule has 21 heavy (non-hydrogen) atoms. The van der Waals surface area contributed by atoms with E-state index in [0.717, 1.165) is 17.7 Å². The molecule has 0 fully saturated rings. The van der Waals surface area contributed by atoms with E-state index in [4.69, 9.17) is 5.73 Å². The molecule has 0 spiro atoms. The molecule has 1 aromatic rings. The minimum absolute atomic E-state index is 0.184. The van der Waals surface area contributed by atoms with E-state index in [0.29, 0.717) is 11.7 Å². The molecule has 0 aliphatic heterocycles. The Hall–Kier alpha value is -1.00. The van der Waals surface area contributed by atoms with Gasteiger partial charge in [-0.15, -0.1) is 0 Å². The number of carbonyl (C=O) groups excluding carboxylic acids is 1. The van der Waals surface area contributed by atoms with Gasteiger partial charge in [0.25, 0.3) is 0 Å². The van der Waals surface area contributed by atoms with Gasteiger partial charge in [-0.05, 0) is 37.5 Å². The molecule has 1 rings (SSSR count). The third kappa shape index (κ3) is 5.36. The van der Waals surface area contributed by atoms with Crippen LogP contribution in [0.25, 0.3) is 0 Å². The van der Waals surface area contributed by atoms with Crippen LogP contribution in [0, 0.1) is 5.92 Å². The van der Waals surface area contributed by atoms with E-state index >= 15 is 0 Å². The standard InChI is InChI=1S/C17H28N2OS/c1-13(2)10-11-21-12-17(16(18)20,19-14(3)4)15-8-6-5-7-9-15/h5-9,13-14,19H,10-12H2,1-4H3,(H2,18,20). The van der Waals surface area contributed by atoms with Gasteiger partial charge in [0, 0.05) is 11.8 Å². The van der Waals surface area contributed by atoms with Crippen molar-refractivity contribution in [3.63, 3.8) is 0 Å². The van der Waals surface area contributed by atoms with Crippen LogP contribution in [0.2, 0.25) is 0 Å². The zero-order chi connectivity index (χ0) is 15.9. The van der Waals surface area contributed by atoms with Crippen molar-refractivity contribution in [1.82, 2.24) is 5.32 Å². The molecular weight excluding hydrogens is 280 g/mol. The fraction of sp³-hybridized carbons (Fsp3) is 0.588. The first kappa shape index (κ1) is 18.1. The number of thioether (sulfide) groups is 1. The molecule has 1 unspecified atom stereocenters. The molecule has 0 heterocycles. The van der Waals surface area contributed by atoms with E-state index in [2.05, 4.69) is 19.2 Å². The van der Waals surface area contributed by atoms with Gasteiger partial charge >= 0.3 is 0 Å². The van der Waals surface area contributed by atoms with Crippen molar-refractivity contribution in [3.8, 4) is 0 Å². The van der Waals surface area contributed by atoms with Crippen molar-refractivity contribution in [2.75, 3.05) is 11.5 Å². The molecule has 3 N–H and O–H groups in total. The zero-order valence-corrected chi connectivity index (χ0v) is 14.4. The fourth-order valence-corrected chi connectivity index (χ4v) is 3.73. The predicted molar refractivity (Wildman–Crippen MR) is 92.4 cm³/mol. The number of benzene rings is 1. The number of nitrogens with two attached hydrogens (primary N) is 1. The first-order valence-electron chi connectivity index (χ1n) is 7.59. The molecule has 3 nitrogen and oxygen atoms in total. The summed E-state index contributed by atoms with van der Waals surface area (Å²) in [5.74, 6) is 2.08. The summed E-state index contributed by atoms with van der Waals surface area (Å²) in [6.07, 6.45) is 1.15. The highest BCUT2D eigenvalue weighted by atomic mass is 32.2. The second-order valence-corrected chi connectivity index (χ2v) is 7.27. The molecule has 1 atom stereocenters. The molecule has 0 bridgehead atoms. The summed E-state index contributed by atoms with van der Waals surface area (Å²) in [5, 5.41) is 3.40. The monoisotopic (exact) mass is 308 g/mol. The Labute approximate surface area is 133 Å². The molecular formula is C17H28N2OS. The van der Waals surface area contributed by atoms with Crippen LogP contribution in [-0.4, -0.2) is 23.5 Å². The zero-order valence-electron chi connectivity index (χ0n) is 13.6. The van der Waals surface area contributed by atoms with Crippen molar-refractivity contribution in [3.05, 3.63) is 35.9 Å². The summed E-state index contributed by atoms with van der Waals surface area (Å²) < 4.78 is 0. The minimum atomic E-state index is -0.795. The van der Waals surface area contributed by atoms with Gasteiger partial charge in [0.15, 0.2) is 0 Å². The lowest BCUT2D eigenvalue weighted by molar-refractivity contribution is -0.124. The van der Waals surface area contributed by atoms with E-state index < -0.39 is 5.54 Å². The molecule has 0 aliphatic carbocycles. The Morgan fingerprint density at radius 3 is 2.33 bits per heavy atom. The van der Waals surface area contributed by atoms with Crippen LogP contribution in [0.1, 0.15) is 39.7 Å². The largest absolute Gasteiger partial charge is 0.368 e. The van der Waals surface area contributed by atoms with Crippen LogP contribution in [-0.2, 0) is 10.3 Å². The lowest BCUT2D eigenvalue weighted by Gasteiger charge is -2.34. The Balaban J connectivity index is 2.94. The number of carbonyl (C=O) groups is 1. The molecule has 0 radical (unpaired) electrons. The van der Waals surface area contributed by atoms with E-state index in [-0.39, 0.29) is 11.9 Å². The van der Waals surface area contributed by atoms with E-state index in [1.807, 2.05) is 44.2 Å². The van der Waals surface area contributed by atoms with E-state index in [9.17, 15) is 4.79 Å². The van der Waals surface area contributed by atoms with Gasteiger partial charge in [0.1, 0.15) is 5.54 Å². The van der Waals surface area contributed by atoms with Crippen LogP contribution in [0.3, 0.4) is 0 Å². The third-order valence-electron chi connectivity index (χ3n) is 3.38. The third-order valence-corrected chi connectivity index (χ3v) is 4.54. The molecule has 0 aromatic heterocycles. The molecule has 1 amide bonds. The lowest BCUT2D eigenvalue weighted by atomic mass is 9.90. The smallest absolute Gasteiger partial charge is 0.243 e. The summed E-state index contributed by atoms with van der Waals surface area (Å²) >= 11 is 1.79. The first-order valence-corrected chi connectivity index (χ1v) is 8.75. The summed E-state index contributed by atoms with van der Waals surface area (Å²) in [4.78, 5) is 12.2. The van der Waals surface area contributed by atoms with Crippen LogP contribution in [0.4, 0.5) is 0 Å². The number of rotatable bonds is 9. The van der Waals surface area contributed by atoms with Crippen molar-refractivity contribution >= 4 is 17.7 Å². The maximum Gasteiger partial charge on any atom is 0.243 e. The van der Waals surface area contributed by atoms with Crippen LogP contribution in [0.15, 0.2) is 30.3 Å². The Morgan fingerprint density at radius 1 is 1.24 bits per heavy atom. The molecule has 0 saturated carbocycles. The van der Waals surface area contributed by atoms with Gasteiger partial charge < -0.3 is 5.73 Å². The molecule has 118 valence electrons. The van der Waals surface area contributed by atoms with Crippen LogP contribution < -0.4 is 11.1 Å². The summed E-state index contributed by atoms with van der Waals surface area (Å²) in [6, 6.07) is 9.99. The van der Waals surface area contributed by atoms with Crippen molar-refractivity contribution < 1.29 is 4.79 Å². The second kappa shape index (κ2) is 8.44. The van der Waals surface area contributed by atoms with Gasteiger partial charge in [-0.2, -0.15) is 11.8 Å². The maximum absolute atomic E-state index is 12.2. The molecule has 4 heteroatoms. The van der Waals surface area contributed by atoms with Gasteiger partial charge in [-0.1, -0.05) is 44.2 Å². The Morgan fingerprint density at radius 2 is 1.86 bits per heavy atom. The van der Waals surface area contributed by atoms with E-state index in [1.54, 1.807) is 11.8 Å². The van der Waals surface area contributed by atoms with Gasteiger partial charge in [0.2, 0.25) is 5.91 Å². The molecule has 1 aromatic carbocycles. The van der Waals surface area contributed by atoms with Gasteiger partial charge in [-0.25, -0.2) is 0 Å². The van der Waals surface area contributed by atoms with Crippen LogP contribution >= 0.6 is 11.8 Å². The number of hydrogen-bond acceptors (Lipinski definition) is 3. The number of primary amides is 1. The molecule has 0 aliphatic rings.